The summed E-state index contributed by atoms with van der Waals surface area (Å²) in [5, 5.41) is 3.09. The van der Waals surface area contributed by atoms with E-state index in [-0.39, 0.29) is 17.6 Å². The molecule has 5 heteroatoms. The normalized spacial score (nSPS) is 28.6. The Hall–Kier alpha value is -1.59. The number of ether oxygens (including phenoxy) is 2. The van der Waals surface area contributed by atoms with E-state index in [4.69, 9.17) is 9.47 Å². The van der Waals surface area contributed by atoms with Gasteiger partial charge in [0.05, 0.1) is 24.8 Å². The van der Waals surface area contributed by atoms with Crippen LogP contribution < -0.4 is 5.32 Å². The van der Waals surface area contributed by atoms with Gasteiger partial charge in [-0.1, -0.05) is 12.1 Å². The molecule has 2 atom stereocenters. The minimum Gasteiger partial charge on any atom is -0.387 e. The van der Waals surface area contributed by atoms with Crippen molar-refractivity contribution in [2.45, 2.75) is 31.5 Å². The first-order valence-corrected chi connectivity index (χ1v) is 7.95. The molecule has 1 amide bonds. The van der Waals surface area contributed by atoms with Crippen molar-refractivity contribution < 1.29 is 14.3 Å². The Morgan fingerprint density at radius 1 is 1.41 bits per heavy atom. The molecule has 2 heterocycles. The molecular weight excluding hydrogens is 280 g/mol. The number of hydrogen-bond donors (Lipinski definition) is 1. The average molecular weight is 304 g/mol. The lowest BCUT2D eigenvalue weighted by Gasteiger charge is -2.47. The van der Waals surface area contributed by atoms with Gasteiger partial charge < -0.3 is 19.7 Å². The van der Waals surface area contributed by atoms with E-state index in [9.17, 15) is 4.79 Å². The number of carbonyl (C=O) groups is 1. The second kappa shape index (κ2) is 6.26. The Labute approximate surface area is 131 Å². The third-order valence-electron chi connectivity index (χ3n) is 4.41. The molecule has 2 saturated heterocycles. The molecule has 0 bridgehead atoms. The molecule has 1 spiro atoms. The number of rotatable bonds is 2. The van der Waals surface area contributed by atoms with Crippen LogP contribution >= 0.6 is 0 Å². The lowest BCUT2D eigenvalue weighted by molar-refractivity contribution is -0.188. The fourth-order valence-electron chi connectivity index (χ4n) is 3.48. The Morgan fingerprint density at radius 3 is 2.95 bits per heavy atom. The number of carbonyl (C=O) groups excluding carboxylic acids is 1. The van der Waals surface area contributed by atoms with Crippen molar-refractivity contribution in [1.29, 1.82) is 0 Å². The molecule has 0 saturated carbocycles. The van der Waals surface area contributed by atoms with Crippen LogP contribution in [0.5, 0.6) is 0 Å². The van der Waals surface area contributed by atoms with Gasteiger partial charge in [-0.3, -0.25) is 4.79 Å². The lowest BCUT2D eigenvalue weighted by atomic mass is 9.93. The van der Waals surface area contributed by atoms with E-state index >= 15 is 0 Å². The van der Waals surface area contributed by atoms with Crippen molar-refractivity contribution in [3.05, 3.63) is 29.8 Å². The molecule has 1 aromatic rings. The number of amides is 1. The maximum atomic E-state index is 12.9. The van der Waals surface area contributed by atoms with Crippen LogP contribution in [0.3, 0.4) is 0 Å². The first-order valence-electron chi connectivity index (χ1n) is 7.95. The van der Waals surface area contributed by atoms with Crippen molar-refractivity contribution >= 4 is 11.6 Å². The predicted octanol–water partition coefficient (Wildman–Crippen LogP) is 2.14. The number of nitrogens with zero attached hydrogens (tertiary/aromatic N) is 1. The zero-order valence-electron chi connectivity index (χ0n) is 13.3. The van der Waals surface area contributed by atoms with E-state index in [1.165, 1.54) is 0 Å². The fraction of sp³-hybridized carbons (Fsp3) is 0.588. The minimum atomic E-state index is -0.333. The van der Waals surface area contributed by atoms with Gasteiger partial charge in [0.25, 0.3) is 5.91 Å². The molecule has 1 aromatic carbocycles. The number of nitrogens with one attached hydrogen (secondary N) is 1. The molecule has 3 rings (SSSR count). The molecule has 5 nitrogen and oxygen atoms in total. The SMILES string of the molecule is CNc1ccccc1C(=O)N1C[C@H](C)O[C@@]2(CCCOC2)C1. The zero-order chi connectivity index (χ0) is 15.6. The third-order valence-corrected chi connectivity index (χ3v) is 4.41. The molecule has 1 N–H and O–H groups in total. The summed E-state index contributed by atoms with van der Waals surface area (Å²) in [6.07, 6.45) is 1.97. The molecule has 22 heavy (non-hydrogen) atoms. The highest BCUT2D eigenvalue weighted by molar-refractivity contribution is 5.99. The highest BCUT2D eigenvalue weighted by Gasteiger charge is 2.42. The second-order valence-corrected chi connectivity index (χ2v) is 6.25. The molecule has 0 unspecified atom stereocenters. The van der Waals surface area contributed by atoms with Crippen molar-refractivity contribution in [3.63, 3.8) is 0 Å². The molecule has 120 valence electrons. The average Bonchev–Trinajstić information content (AvgIpc) is 2.54. The topological polar surface area (TPSA) is 50.8 Å². The summed E-state index contributed by atoms with van der Waals surface area (Å²) in [5.74, 6) is 0.0602. The number of benzene rings is 1. The Kier molecular flexibility index (Phi) is 4.36. The Morgan fingerprint density at radius 2 is 2.23 bits per heavy atom. The number of para-hydroxylation sites is 1. The van der Waals surface area contributed by atoms with E-state index in [2.05, 4.69) is 5.32 Å². The van der Waals surface area contributed by atoms with Gasteiger partial charge in [-0.05, 0) is 31.9 Å². The van der Waals surface area contributed by atoms with Crippen LogP contribution in [0.4, 0.5) is 5.69 Å². The van der Waals surface area contributed by atoms with Crippen LogP contribution in [0.2, 0.25) is 0 Å². The van der Waals surface area contributed by atoms with Crippen LogP contribution in [0.1, 0.15) is 30.1 Å². The first kappa shape index (κ1) is 15.3. The smallest absolute Gasteiger partial charge is 0.256 e. The summed E-state index contributed by atoms with van der Waals surface area (Å²) < 4.78 is 11.8. The minimum absolute atomic E-state index is 0.0288. The van der Waals surface area contributed by atoms with Crippen LogP contribution in [-0.2, 0) is 9.47 Å². The van der Waals surface area contributed by atoms with Crippen LogP contribution in [0.25, 0.3) is 0 Å². The molecule has 2 fully saturated rings. The number of anilines is 1. The summed E-state index contributed by atoms with van der Waals surface area (Å²) in [6, 6.07) is 7.63. The summed E-state index contributed by atoms with van der Waals surface area (Å²) in [5.41, 5.74) is 1.24. The number of hydrogen-bond acceptors (Lipinski definition) is 4. The summed E-state index contributed by atoms with van der Waals surface area (Å²) in [4.78, 5) is 14.9. The van der Waals surface area contributed by atoms with Crippen LogP contribution in [-0.4, -0.2) is 55.9 Å². The maximum absolute atomic E-state index is 12.9. The molecule has 0 aromatic heterocycles. The van der Waals surface area contributed by atoms with Gasteiger partial charge in [-0.25, -0.2) is 0 Å². The van der Waals surface area contributed by atoms with E-state index < -0.39 is 0 Å². The van der Waals surface area contributed by atoms with Gasteiger partial charge in [0.2, 0.25) is 0 Å². The summed E-state index contributed by atoms with van der Waals surface area (Å²) >= 11 is 0. The van der Waals surface area contributed by atoms with Crippen molar-refractivity contribution in [2.24, 2.45) is 0 Å². The molecule has 0 radical (unpaired) electrons. The standard InChI is InChI=1S/C17H24N2O3/c1-13-10-19(11-17(22-13)8-5-9-21-12-17)16(20)14-6-3-4-7-15(14)18-2/h3-4,6-7,13,18H,5,8-12H2,1-2H3/t13-,17-/m0/s1. The third kappa shape index (κ3) is 2.96. The monoisotopic (exact) mass is 304 g/mol. The summed E-state index contributed by atoms with van der Waals surface area (Å²) in [6.45, 7) is 4.62. The largest absolute Gasteiger partial charge is 0.387 e. The van der Waals surface area contributed by atoms with Crippen molar-refractivity contribution in [3.8, 4) is 0 Å². The van der Waals surface area contributed by atoms with Crippen LogP contribution in [0, 0.1) is 0 Å². The van der Waals surface area contributed by atoms with E-state index in [0.717, 1.165) is 25.1 Å². The van der Waals surface area contributed by atoms with E-state index in [0.29, 0.717) is 25.3 Å². The maximum Gasteiger partial charge on any atom is 0.256 e. The zero-order valence-corrected chi connectivity index (χ0v) is 13.3. The molecular formula is C17H24N2O3. The van der Waals surface area contributed by atoms with Gasteiger partial charge in [-0.15, -0.1) is 0 Å². The Bertz CT molecular complexity index is 540. The highest BCUT2D eigenvalue weighted by Crippen LogP contribution is 2.31. The quantitative estimate of drug-likeness (QED) is 0.909. The molecule has 0 aliphatic carbocycles. The van der Waals surface area contributed by atoms with E-state index in [1.54, 1.807) is 0 Å². The van der Waals surface area contributed by atoms with Gasteiger partial charge in [-0.2, -0.15) is 0 Å². The molecule has 2 aliphatic heterocycles. The highest BCUT2D eigenvalue weighted by atomic mass is 16.6. The van der Waals surface area contributed by atoms with Gasteiger partial charge in [0.1, 0.15) is 5.60 Å². The Balaban J connectivity index is 1.82. The van der Waals surface area contributed by atoms with Crippen LogP contribution in [0.15, 0.2) is 24.3 Å². The van der Waals surface area contributed by atoms with Gasteiger partial charge >= 0.3 is 0 Å². The molecule has 2 aliphatic rings. The van der Waals surface area contributed by atoms with Crippen molar-refractivity contribution in [2.75, 3.05) is 38.7 Å². The lowest BCUT2D eigenvalue weighted by Crippen LogP contribution is -2.59. The fourth-order valence-corrected chi connectivity index (χ4v) is 3.48. The number of morpholine rings is 1. The van der Waals surface area contributed by atoms with Crippen molar-refractivity contribution in [1.82, 2.24) is 4.90 Å². The first-order chi connectivity index (χ1) is 10.6. The predicted molar refractivity (Wildman–Crippen MR) is 85.2 cm³/mol. The summed E-state index contributed by atoms with van der Waals surface area (Å²) in [7, 11) is 1.84. The second-order valence-electron chi connectivity index (χ2n) is 6.25. The van der Waals surface area contributed by atoms with E-state index in [1.807, 2.05) is 43.1 Å². The van der Waals surface area contributed by atoms with Gasteiger partial charge in [0.15, 0.2) is 0 Å². The van der Waals surface area contributed by atoms with Gasteiger partial charge in [0, 0.05) is 25.9 Å².